The van der Waals surface area contributed by atoms with E-state index in [-0.39, 0.29) is 0 Å². The Kier molecular flexibility index (Phi) is 2.64. The molecule has 0 N–H and O–H groups in total. The maximum atomic E-state index is 4.68. The Morgan fingerprint density at radius 3 is 2.88 bits per heavy atom. The third kappa shape index (κ3) is 1.84. The van der Waals surface area contributed by atoms with Crippen LogP contribution < -0.4 is 0 Å². The molecule has 0 saturated heterocycles. The molecule has 0 unspecified atom stereocenters. The molecule has 0 radical (unpaired) electrons. The van der Waals surface area contributed by atoms with Crippen LogP contribution in [-0.2, 0) is 12.8 Å². The van der Waals surface area contributed by atoms with Crippen molar-refractivity contribution in [1.82, 2.24) is 9.97 Å². The summed E-state index contributed by atoms with van der Waals surface area (Å²) in [6.07, 6.45) is 7.99. The lowest BCUT2D eigenvalue weighted by atomic mass is 10.1. The van der Waals surface area contributed by atoms with Crippen LogP contribution in [0.2, 0.25) is 0 Å². The van der Waals surface area contributed by atoms with Crippen LogP contribution in [0.25, 0.3) is 11.0 Å². The van der Waals surface area contributed by atoms with Crippen LogP contribution in [-0.4, -0.2) is 9.97 Å². The van der Waals surface area contributed by atoms with Gasteiger partial charge in [0, 0.05) is 21.7 Å². The van der Waals surface area contributed by atoms with E-state index in [4.69, 9.17) is 0 Å². The van der Waals surface area contributed by atoms with Gasteiger partial charge in [-0.25, -0.2) is 9.97 Å². The molecule has 2 aromatic rings. The molecule has 82 valence electrons. The van der Waals surface area contributed by atoms with Gasteiger partial charge in [-0.05, 0) is 59.3 Å². The number of pyridine rings is 2. The number of aromatic nitrogens is 2. The maximum absolute atomic E-state index is 4.68. The van der Waals surface area contributed by atoms with E-state index in [1.165, 1.54) is 36.9 Å². The smallest absolute Gasteiger partial charge is 0.159 e. The van der Waals surface area contributed by atoms with Crippen LogP contribution in [0.15, 0.2) is 22.8 Å². The van der Waals surface area contributed by atoms with Crippen molar-refractivity contribution in [2.75, 3.05) is 0 Å². The molecule has 0 saturated carbocycles. The first-order valence-electron chi connectivity index (χ1n) is 5.77. The number of hydrogen-bond donors (Lipinski definition) is 0. The molecule has 1 aliphatic rings. The van der Waals surface area contributed by atoms with E-state index in [0.717, 1.165) is 21.9 Å². The molecule has 3 rings (SSSR count). The van der Waals surface area contributed by atoms with Gasteiger partial charge in [-0.2, -0.15) is 0 Å². The number of halogens is 1. The topological polar surface area (TPSA) is 25.8 Å². The van der Waals surface area contributed by atoms with E-state index < -0.39 is 0 Å². The molecular formula is C13H13BrN2. The highest BCUT2D eigenvalue weighted by atomic mass is 79.9. The molecule has 0 aliphatic heterocycles. The zero-order chi connectivity index (χ0) is 11.0. The lowest BCUT2D eigenvalue weighted by Crippen LogP contribution is -1.97. The van der Waals surface area contributed by atoms with Crippen molar-refractivity contribution < 1.29 is 0 Å². The Balaban J connectivity index is 2.20. The summed E-state index contributed by atoms with van der Waals surface area (Å²) in [6.45, 7) is 0. The summed E-state index contributed by atoms with van der Waals surface area (Å²) in [5, 5.41) is 1.15. The fourth-order valence-electron chi connectivity index (χ4n) is 2.34. The largest absolute Gasteiger partial charge is 0.235 e. The average Bonchev–Trinajstić information content (AvgIpc) is 2.50. The molecule has 3 heteroatoms. The normalized spacial score (nSPS) is 15.8. The zero-order valence-corrected chi connectivity index (χ0v) is 10.6. The molecule has 0 spiro atoms. The number of fused-ring (bicyclic) bond motifs is 2. The predicted molar refractivity (Wildman–Crippen MR) is 68.5 cm³/mol. The summed E-state index contributed by atoms with van der Waals surface area (Å²) < 4.78 is 1.02. The van der Waals surface area contributed by atoms with Crippen LogP contribution in [0.5, 0.6) is 0 Å². The minimum absolute atomic E-state index is 0.879. The molecule has 0 fully saturated rings. The van der Waals surface area contributed by atoms with Gasteiger partial charge in [-0.1, -0.05) is 6.42 Å². The number of hydrogen-bond acceptors (Lipinski definition) is 2. The van der Waals surface area contributed by atoms with Gasteiger partial charge in [-0.15, -0.1) is 0 Å². The van der Waals surface area contributed by atoms with Crippen molar-refractivity contribution in [1.29, 1.82) is 0 Å². The Morgan fingerprint density at radius 1 is 1.06 bits per heavy atom. The first-order chi connectivity index (χ1) is 7.83. The van der Waals surface area contributed by atoms with Crippen LogP contribution >= 0.6 is 15.9 Å². The molecule has 0 bridgehead atoms. The van der Waals surface area contributed by atoms with Crippen LogP contribution in [0.1, 0.15) is 30.5 Å². The summed E-state index contributed by atoms with van der Waals surface area (Å²) in [5.41, 5.74) is 3.56. The highest BCUT2D eigenvalue weighted by molar-refractivity contribution is 9.10. The van der Waals surface area contributed by atoms with Gasteiger partial charge >= 0.3 is 0 Å². The van der Waals surface area contributed by atoms with Gasteiger partial charge in [-0.3, -0.25) is 0 Å². The molecule has 2 heterocycles. The molecule has 16 heavy (non-hydrogen) atoms. The quantitative estimate of drug-likeness (QED) is 0.687. The third-order valence-corrected chi connectivity index (χ3v) is 3.60. The third-order valence-electron chi connectivity index (χ3n) is 3.16. The monoisotopic (exact) mass is 276 g/mol. The van der Waals surface area contributed by atoms with Gasteiger partial charge in [0.1, 0.15) is 0 Å². The average molecular weight is 277 g/mol. The van der Waals surface area contributed by atoms with Gasteiger partial charge in [0.05, 0.1) is 0 Å². The summed E-state index contributed by atoms with van der Waals surface area (Å²) >= 11 is 3.45. The van der Waals surface area contributed by atoms with Crippen molar-refractivity contribution in [2.45, 2.75) is 32.1 Å². The fourth-order valence-corrected chi connectivity index (χ4v) is 2.68. The van der Waals surface area contributed by atoms with Crippen molar-refractivity contribution in [3.8, 4) is 0 Å². The van der Waals surface area contributed by atoms with E-state index in [1.807, 2.05) is 6.20 Å². The summed E-state index contributed by atoms with van der Waals surface area (Å²) in [7, 11) is 0. The lowest BCUT2D eigenvalue weighted by molar-refractivity contribution is 0.709. The minimum atomic E-state index is 0.879. The van der Waals surface area contributed by atoms with Crippen molar-refractivity contribution in [3.05, 3.63) is 34.1 Å². The summed E-state index contributed by atoms with van der Waals surface area (Å²) in [4.78, 5) is 9.05. The molecule has 2 aromatic heterocycles. The Bertz CT molecular complexity index is 537. The second-order valence-corrected chi connectivity index (χ2v) is 5.27. The van der Waals surface area contributed by atoms with E-state index >= 15 is 0 Å². The minimum Gasteiger partial charge on any atom is -0.235 e. The Hall–Kier alpha value is -0.960. The van der Waals surface area contributed by atoms with Crippen molar-refractivity contribution in [2.24, 2.45) is 0 Å². The zero-order valence-electron chi connectivity index (χ0n) is 9.04. The standard InChI is InChI=1S/C13H13BrN2/c14-11-7-10-6-9-4-2-1-3-5-12(9)16-13(10)15-8-11/h6-8H,1-5H2. The summed E-state index contributed by atoms with van der Waals surface area (Å²) in [5.74, 6) is 0. The van der Waals surface area contributed by atoms with Crippen LogP contribution in [0, 0.1) is 0 Å². The molecule has 0 aromatic carbocycles. The van der Waals surface area contributed by atoms with Crippen molar-refractivity contribution in [3.63, 3.8) is 0 Å². The maximum Gasteiger partial charge on any atom is 0.159 e. The number of aryl methyl sites for hydroxylation is 2. The highest BCUT2D eigenvalue weighted by Gasteiger charge is 2.11. The van der Waals surface area contributed by atoms with Gasteiger partial charge in [0.15, 0.2) is 5.65 Å². The second kappa shape index (κ2) is 4.13. The molecule has 2 nitrogen and oxygen atoms in total. The first kappa shape index (κ1) is 10.2. The van der Waals surface area contributed by atoms with Gasteiger partial charge in [0.25, 0.3) is 0 Å². The molecular weight excluding hydrogens is 264 g/mol. The summed E-state index contributed by atoms with van der Waals surface area (Å²) in [6, 6.07) is 4.36. The van der Waals surface area contributed by atoms with Gasteiger partial charge in [0.2, 0.25) is 0 Å². The molecule has 0 amide bonds. The molecule has 0 atom stereocenters. The van der Waals surface area contributed by atoms with Gasteiger partial charge < -0.3 is 0 Å². The van der Waals surface area contributed by atoms with E-state index in [9.17, 15) is 0 Å². The number of nitrogens with zero attached hydrogens (tertiary/aromatic N) is 2. The Morgan fingerprint density at radius 2 is 1.94 bits per heavy atom. The van der Waals surface area contributed by atoms with E-state index in [1.54, 1.807) is 0 Å². The van der Waals surface area contributed by atoms with Crippen LogP contribution in [0.3, 0.4) is 0 Å². The Labute approximate surface area is 103 Å². The first-order valence-corrected chi connectivity index (χ1v) is 6.56. The van der Waals surface area contributed by atoms with Crippen LogP contribution in [0.4, 0.5) is 0 Å². The van der Waals surface area contributed by atoms with Crippen molar-refractivity contribution >= 4 is 27.0 Å². The SMILES string of the molecule is Brc1cnc2nc3c(cc2c1)CCCCC3. The second-order valence-electron chi connectivity index (χ2n) is 4.36. The van der Waals surface area contributed by atoms with E-state index in [2.05, 4.69) is 38.0 Å². The number of rotatable bonds is 0. The molecule has 1 aliphatic carbocycles. The highest BCUT2D eigenvalue weighted by Crippen LogP contribution is 2.24. The van der Waals surface area contributed by atoms with E-state index in [0.29, 0.717) is 0 Å². The lowest BCUT2D eigenvalue weighted by Gasteiger charge is -2.06. The fraction of sp³-hybridized carbons (Fsp3) is 0.385. The predicted octanol–water partition coefficient (Wildman–Crippen LogP) is 3.66.